The van der Waals surface area contributed by atoms with Crippen LogP contribution in [0.3, 0.4) is 0 Å². The maximum atomic E-state index is 13.1. The van der Waals surface area contributed by atoms with E-state index in [1.165, 1.54) is 13.2 Å². The van der Waals surface area contributed by atoms with Crippen LogP contribution in [0.2, 0.25) is 0 Å². The Balaban J connectivity index is 2.13. The molecule has 6 heteroatoms. The van der Waals surface area contributed by atoms with Gasteiger partial charge in [-0.1, -0.05) is 18.3 Å². The van der Waals surface area contributed by atoms with Crippen molar-refractivity contribution in [3.8, 4) is 11.5 Å². The summed E-state index contributed by atoms with van der Waals surface area (Å²) in [6.45, 7) is 0.180. The molecule has 110 valence electrons. The van der Waals surface area contributed by atoms with Crippen LogP contribution < -0.4 is 15.2 Å². The summed E-state index contributed by atoms with van der Waals surface area (Å²) in [5.41, 5.74) is 7.00. The van der Waals surface area contributed by atoms with Gasteiger partial charge in [0.1, 0.15) is 23.1 Å². The molecule has 2 aromatic rings. The number of methoxy groups -OCH3 is 1. The lowest BCUT2D eigenvalue weighted by Gasteiger charge is -2.11. The van der Waals surface area contributed by atoms with E-state index in [4.69, 9.17) is 27.4 Å². The van der Waals surface area contributed by atoms with Gasteiger partial charge in [-0.25, -0.2) is 8.78 Å². The smallest absolute Gasteiger partial charge is 0.162 e. The number of nitrogens with two attached hydrogens (primary N) is 1. The van der Waals surface area contributed by atoms with Gasteiger partial charge in [0.05, 0.1) is 12.7 Å². The second-order valence-corrected chi connectivity index (χ2v) is 4.70. The van der Waals surface area contributed by atoms with E-state index in [1.54, 1.807) is 18.2 Å². The zero-order valence-corrected chi connectivity index (χ0v) is 12.0. The van der Waals surface area contributed by atoms with Gasteiger partial charge >= 0.3 is 0 Å². The summed E-state index contributed by atoms with van der Waals surface area (Å²) < 4.78 is 36.5. The molecule has 2 rings (SSSR count). The molecule has 0 bridgehead atoms. The SMILES string of the molecule is COc1cc(COc2ccc(F)c(F)c2)ccc1C(N)=S. The van der Waals surface area contributed by atoms with Crippen molar-refractivity contribution in [2.24, 2.45) is 5.73 Å². The predicted molar refractivity (Wildman–Crippen MR) is 79.6 cm³/mol. The van der Waals surface area contributed by atoms with E-state index in [0.717, 1.165) is 17.7 Å². The minimum atomic E-state index is -0.950. The van der Waals surface area contributed by atoms with E-state index in [0.29, 0.717) is 11.3 Å². The molecule has 3 nitrogen and oxygen atoms in total. The Morgan fingerprint density at radius 1 is 1.14 bits per heavy atom. The normalized spacial score (nSPS) is 10.2. The lowest BCUT2D eigenvalue weighted by atomic mass is 10.1. The fraction of sp³-hybridized carbons (Fsp3) is 0.133. The third kappa shape index (κ3) is 3.66. The number of thiocarbonyl (C=S) groups is 1. The molecule has 0 aromatic heterocycles. The van der Waals surface area contributed by atoms with Gasteiger partial charge in [-0.05, 0) is 29.8 Å². The van der Waals surface area contributed by atoms with Crippen LogP contribution in [-0.2, 0) is 6.61 Å². The maximum Gasteiger partial charge on any atom is 0.162 e. The Bertz CT molecular complexity index is 677. The maximum absolute atomic E-state index is 13.1. The largest absolute Gasteiger partial charge is 0.496 e. The van der Waals surface area contributed by atoms with Crippen molar-refractivity contribution in [3.05, 3.63) is 59.2 Å². The van der Waals surface area contributed by atoms with Crippen LogP contribution in [0.25, 0.3) is 0 Å². The number of hydrogen-bond donors (Lipinski definition) is 1. The molecule has 0 amide bonds. The van der Waals surface area contributed by atoms with Crippen molar-refractivity contribution in [1.82, 2.24) is 0 Å². The quantitative estimate of drug-likeness (QED) is 0.862. The van der Waals surface area contributed by atoms with Crippen LogP contribution >= 0.6 is 12.2 Å². The highest BCUT2D eigenvalue weighted by atomic mass is 32.1. The zero-order chi connectivity index (χ0) is 15.4. The lowest BCUT2D eigenvalue weighted by Crippen LogP contribution is -2.11. The number of halogens is 2. The second kappa shape index (κ2) is 6.49. The van der Waals surface area contributed by atoms with E-state index in [2.05, 4.69) is 0 Å². The summed E-state index contributed by atoms with van der Waals surface area (Å²) >= 11 is 4.92. The summed E-state index contributed by atoms with van der Waals surface area (Å²) in [6, 6.07) is 8.60. The minimum absolute atomic E-state index is 0.180. The molecule has 2 N–H and O–H groups in total. The molecule has 0 aliphatic heterocycles. The fourth-order valence-corrected chi connectivity index (χ4v) is 1.93. The molecule has 0 heterocycles. The third-order valence-corrected chi connectivity index (χ3v) is 3.05. The first-order valence-electron chi connectivity index (χ1n) is 6.06. The predicted octanol–water partition coefficient (Wildman–Crippen LogP) is 3.19. The van der Waals surface area contributed by atoms with Crippen molar-refractivity contribution in [2.45, 2.75) is 6.61 Å². The third-order valence-electron chi connectivity index (χ3n) is 2.83. The summed E-state index contributed by atoms with van der Waals surface area (Å²) in [4.78, 5) is 0.236. The number of ether oxygens (including phenoxy) is 2. The highest BCUT2D eigenvalue weighted by molar-refractivity contribution is 7.80. The first-order valence-corrected chi connectivity index (χ1v) is 6.46. The molecule has 0 atom stereocenters. The Morgan fingerprint density at radius 2 is 1.90 bits per heavy atom. The van der Waals surface area contributed by atoms with Crippen LogP contribution in [0.1, 0.15) is 11.1 Å². The average molecular weight is 309 g/mol. The van der Waals surface area contributed by atoms with Crippen molar-refractivity contribution >= 4 is 17.2 Å². The van der Waals surface area contributed by atoms with Gasteiger partial charge in [0.15, 0.2) is 11.6 Å². The molecule has 0 saturated carbocycles. The first kappa shape index (κ1) is 15.2. The van der Waals surface area contributed by atoms with Gasteiger partial charge in [-0.2, -0.15) is 0 Å². The van der Waals surface area contributed by atoms with Crippen LogP contribution in [0.15, 0.2) is 36.4 Å². The Labute approximate surface area is 126 Å². The molecule has 0 saturated heterocycles. The van der Waals surface area contributed by atoms with Crippen molar-refractivity contribution in [3.63, 3.8) is 0 Å². The monoisotopic (exact) mass is 309 g/mol. The average Bonchev–Trinajstić information content (AvgIpc) is 2.48. The number of hydrogen-bond acceptors (Lipinski definition) is 3. The number of rotatable bonds is 5. The fourth-order valence-electron chi connectivity index (χ4n) is 1.76. The molecule has 21 heavy (non-hydrogen) atoms. The van der Waals surface area contributed by atoms with Gasteiger partial charge in [0, 0.05) is 6.07 Å². The molecule has 0 aliphatic rings. The lowest BCUT2D eigenvalue weighted by molar-refractivity contribution is 0.302. The van der Waals surface area contributed by atoms with Gasteiger partial charge < -0.3 is 15.2 Å². The molecule has 0 unspecified atom stereocenters. The standard InChI is InChI=1S/C15H13F2NO2S/c1-19-14-6-9(2-4-11(14)15(18)21)8-20-10-3-5-12(16)13(17)7-10/h2-7H,8H2,1H3,(H2,18,21). The zero-order valence-electron chi connectivity index (χ0n) is 11.2. The van der Waals surface area contributed by atoms with E-state index in [1.807, 2.05) is 0 Å². The van der Waals surface area contributed by atoms with Gasteiger partial charge in [0.25, 0.3) is 0 Å². The van der Waals surface area contributed by atoms with Crippen LogP contribution in [0.4, 0.5) is 8.78 Å². The molecule has 2 aromatic carbocycles. The highest BCUT2D eigenvalue weighted by Crippen LogP contribution is 2.22. The molecular formula is C15H13F2NO2S. The summed E-state index contributed by atoms with van der Waals surface area (Å²) in [6.07, 6.45) is 0. The second-order valence-electron chi connectivity index (χ2n) is 4.26. The summed E-state index contributed by atoms with van der Waals surface area (Å²) in [5, 5.41) is 0. The molecule has 0 spiro atoms. The molecule has 0 fully saturated rings. The molecule has 0 aliphatic carbocycles. The highest BCUT2D eigenvalue weighted by Gasteiger charge is 2.08. The van der Waals surface area contributed by atoms with Gasteiger partial charge in [-0.15, -0.1) is 0 Å². The van der Waals surface area contributed by atoms with Gasteiger partial charge in [-0.3, -0.25) is 0 Å². The molecular weight excluding hydrogens is 296 g/mol. The Kier molecular flexibility index (Phi) is 4.70. The Hall–Kier alpha value is -2.21. The number of benzene rings is 2. The van der Waals surface area contributed by atoms with Gasteiger partial charge in [0.2, 0.25) is 0 Å². The van der Waals surface area contributed by atoms with E-state index < -0.39 is 11.6 Å². The van der Waals surface area contributed by atoms with Crippen LogP contribution in [-0.4, -0.2) is 12.1 Å². The van der Waals surface area contributed by atoms with Crippen molar-refractivity contribution in [1.29, 1.82) is 0 Å². The summed E-state index contributed by atoms with van der Waals surface area (Å²) in [5.74, 6) is -1.08. The minimum Gasteiger partial charge on any atom is -0.496 e. The van der Waals surface area contributed by atoms with E-state index in [-0.39, 0.29) is 17.3 Å². The first-order chi connectivity index (χ1) is 10.0. The van der Waals surface area contributed by atoms with E-state index >= 15 is 0 Å². The topological polar surface area (TPSA) is 44.5 Å². The van der Waals surface area contributed by atoms with Crippen molar-refractivity contribution in [2.75, 3.05) is 7.11 Å². The molecule has 0 radical (unpaired) electrons. The van der Waals surface area contributed by atoms with E-state index in [9.17, 15) is 8.78 Å². The van der Waals surface area contributed by atoms with Crippen LogP contribution in [0.5, 0.6) is 11.5 Å². The Morgan fingerprint density at radius 3 is 2.52 bits per heavy atom. The van der Waals surface area contributed by atoms with Crippen LogP contribution in [0, 0.1) is 11.6 Å². The summed E-state index contributed by atoms with van der Waals surface area (Å²) in [7, 11) is 1.51. The van der Waals surface area contributed by atoms with Crippen molar-refractivity contribution < 1.29 is 18.3 Å².